The number of piperidine rings is 1. The fourth-order valence-electron chi connectivity index (χ4n) is 2.96. The number of rotatable bonds is 4. The van der Waals surface area contributed by atoms with E-state index in [1.807, 2.05) is 4.90 Å². The SMILES string of the molecule is CC1CCN(C(=O)c2ccccc2NC(=O)c2coc(CN)c2)CC1. The Morgan fingerprint density at radius 1 is 1.28 bits per heavy atom. The molecule has 0 aliphatic carbocycles. The Hall–Kier alpha value is -2.60. The highest BCUT2D eigenvalue weighted by Gasteiger charge is 2.24. The average molecular weight is 341 g/mol. The number of nitrogens with two attached hydrogens (primary N) is 1. The van der Waals surface area contributed by atoms with E-state index in [0.29, 0.717) is 28.5 Å². The molecule has 0 atom stereocenters. The Balaban J connectivity index is 1.76. The molecule has 2 amide bonds. The second-order valence-electron chi connectivity index (χ2n) is 6.48. The zero-order valence-electron chi connectivity index (χ0n) is 14.3. The maximum Gasteiger partial charge on any atom is 0.258 e. The minimum Gasteiger partial charge on any atom is -0.467 e. The second kappa shape index (κ2) is 7.53. The van der Waals surface area contributed by atoms with Crippen LogP contribution in [0.2, 0.25) is 0 Å². The van der Waals surface area contributed by atoms with E-state index in [-0.39, 0.29) is 18.4 Å². The van der Waals surface area contributed by atoms with Gasteiger partial charge >= 0.3 is 0 Å². The summed E-state index contributed by atoms with van der Waals surface area (Å²) in [7, 11) is 0. The molecule has 1 aromatic carbocycles. The highest BCUT2D eigenvalue weighted by atomic mass is 16.3. The van der Waals surface area contributed by atoms with Crippen molar-refractivity contribution in [1.82, 2.24) is 4.90 Å². The Morgan fingerprint density at radius 3 is 2.68 bits per heavy atom. The van der Waals surface area contributed by atoms with E-state index >= 15 is 0 Å². The number of furan rings is 1. The first kappa shape index (κ1) is 17.2. The largest absolute Gasteiger partial charge is 0.467 e. The first-order valence-electron chi connectivity index (χ1n) is 8.55. The van der Waals surface area contributed by atoms with Gasteiger partial charge in [0.25, 0.3) is 11.8 Å². The summed E-state index contributed by atoms with van der Waals surface area (Å²) in [5.41, 5.74) is 6.89. The standard InChI is InChI=1S/C19H23N3O3/c1-13-6-8-22(9-7-13)19(24)16-4-2-3-5-17(16)21-18(23)14-10-15(11-20)25-12-14/h2-5,10,12-13H,6-9,11,20H2,1H3,(H,21,23). The van der Waals surface area contributed by atoms with Crippen molar-refractivity contribution in [2.24, 2.45) is 11.7 Å². The molecule has 2 heterocycles. The van der Waals surface area contributed by atoms with Crippen LogP contribution < -0.4 is 11.1 Å². The number of nitrogens with one attached hydrogen (secondary N) is 1. The molecule has 2 aromatic rings. The van der Waals surface area contributed by atoms with Gasteiger partial charge in [-0.15, -0.1) is 0 Å². The second-order valence-corrected chi connectivity index (χ2v) is 6.48. The minimum absolute atomic E-state index is 0.0439. The normalized spacial score (nSPS) is 15.2. The highest BCUT2D eigenvalue weighted by Crippen LogP contribution is 2.23. The number of nitrogens with zero attached hydrogens (tertiary/aromatic N) is 1. The summed E-state index contributed by atoms with van der Waals surface area (Å²) in [6, 6.07) is 8.69. The van der Waals surface area contributed by atoms with Crippen molar-refractivity contribution in [1.29, 1.82) is 0 Å². The fraction of sp³-hybridized carbons (Fsp3) is 0.368. The number of para-hydroxylation sites is 1. The predicted octanol–water partition coefficient (Wildman–Crippen LogP) is 2.86. The lowest BCUT2D eigenvalue weighted by Crippen LogP contribution is -2.38. The van der Waals surface area contributed by atoms with Gasteiger partial charge in [-0.25, -0.2) is 0 Å². The molecule has 0 spiro atoms. The third-order valence-corrected chi connectivity index (χ3v) is 4.59. The molecule has 0 bridgehead atoms. The molecule has 3 N–H and O–H groups in total. The smallest absolute Gasteiger partial charge is 0.258 e. The van der Waals surface area contributed by atoms with Gasteiger partial charge in [0.2, 0.25) is 0 Å². The predicted molar refractivity (Wildman–Crippen MR) is 95.3 cm³/mol. The molecule has 3 rings (SSSR count). The van der Waals surface area contributed by atoms with E-state index in [0.717, 1.165) is 25.9 Å². The molecular formula is C19H23N3O3. The summed E-state index contributed by atoms with van der Waals surface area (Å²) in [6.07, 6.45) is 3.39. The zero-order valence-corrected chi connectivity index (χ0v) is 14.3. The summed E-state index contributed by atoms with van der Waals surface area (Å²) in [4.78, 5) is 27.1. The Bertz CT molecular complexity index is 761. The van der Waals surface area contributed by atoms with Crippen LogP contribution in [0.1, 0.15) is 46.2 Å². The van der Waals surface area contributed by atoms with Gasteiger partial charge in [0.05, 0.1) is 23.4 Å². The van der Waals surface area contributed by atoms with Crippen molar-refractivity contribution < 1.29 is 14.0 Å². The summed E-state index contributed by atoms with van der Waals surface area (Å²) in [5.74, 6) is 0.822. The van der Waals surface area contributed by atoms with E-state index < -0.39 is 0 Å². The average Bonchev–Trinajstić information content (AvgIpc) is 3.12. The molecule has 0 saturated carbocycles. The van der Waals surface area contributed by atoms with E-state index in [4.69, 9.17) is 10.2 Å². The first-order valence-corrected chi connectivity index (χ1v) is 8.55. The molecule has 25 heavy (non-hydrogen) atoms. The van der Waals surface area contributed by atoms with Gasteiger partial charge in [0.1, 0.15) is 12.0 Å². The van der Waals surface area contributed by atoms with Crippen molar-refractivity contribution >= 4 is 17.5 Å². The molecule has 1 aliphatic heterocycles. The van der Waals surface area contributed by atoms with Gasteiger partial charge in [-0.3, -0.25) is 9.59 Å². The third-order valence-electron chi connectivity index (χ3n) is 4.59. The van der Waals surface area contributed by atoms with Crippen molar-refractivity contribution in [3.05, 3.63) is 53.5 Å². The number of anilines is 1. The topological polar surface area (TPSA) is 88.6 Å². The summed E-state index contributed by atoms with van der Waals surface area (Å²) < 4.78 is 5.19. The number of hydrogen-bond donors (Lipinski definition) is 2. The van der Waals surface area contributed by atoms with Crippen LogP contribution in [-0.2, 0) is 6.54 Å². The molecule has 1 fully saturated rings. The molecule has 0 unspecified atom stereocenters. The van der Waals surface area contributed by atoms with Gasteiger partial charge in [0, 0.05) is 13.1 Å². The van der Waals surface area contributed by atoms with Crippen molar-refractivity contribution in [2.45, 2.75) is 26.3 Å². The molecule has 6 heteroatoms. The van der Waals surface area contributed by atoms with Gasteiger partial charge < -0.3 is 20.4 Å². The van der Waals surface area contributed by atoms with Crippen LogP contribution in [-0.4, -0.2) is 29.8 Å². The molecule has 1 aliphatic rings. The van der Waals surface area contributed by atoms with Crippen LogP contribution in [0, 0.1) is 5.92 Å². The molecule has 1 saturated heterocycles. The van der Waals surface area contributed by atoms with Gasteiger partial charge in [-0.2, -0.15) is 0 Å². The van der Waals surface area contributed by atoms with Crippen LogP contribution in [0.3, 0.4) is 0 Å². The van der Waals surface area contributed by atoms with E-state index in [1.54, 1.807) is 30.3 Å². The lowest BCUT2D eigenvalue weighted by atomic mass is 9.98. The summed E-state index contributed by atoms with van der Waals surface area (Å²) in [6.45, 7) is 3.94. The zero-order chi connectivity index (χ0) is 17.8. The Labute approximate surface area is 147 Å². The van der Waals surface area contributed by atoms with Crippen LogP contribution in [0.5, 0.6) is 0 Å². The number of hydrogen-bond acceptors (Lipinski definition) is 4. The van der Waals surface area contributed by atoms with Crippen LogP contribution in [0.15, 0.2) is 41.0 Å². The third kappa shape index (κ3) is 3.91. The molecular weight excluding hydrogens is 318 g/mol. The number of carbonyl (C=O) groups is 2. The van der Waals surface area contributed by atoms with Crippen LogP contribution in [0.4, 0.5) is 5.69 Å². The summed E-state index contributed by atoms with van der Waals surface area (Å²) >= 11 is 0. The quantitative estimate of drug-likeness (QED) is 0.895. The molecule has 132 valence electrons. The van der Waals surface area contributed by atoms with E-state index in [9.17, 15) is 9.59 Å². The number of likely N-dealkylation sites (tertiary alicyclic amines) is 1. The minimum atomic E-state index is -0.323. The monoisotopic (exact) mass is 341 g/mol. The van der Waals surface area contributed by atoms with Gasteiger partial charge in [-0.05, 0) is 37.0 Å². The molecule has 1 aromatic heterocycles. The van der Waals surface area contributed by atoms with Gasteiger partial charge in [-0.1, -0.05) is 19.1 Å². The maximum atomic E-state index is 12.8. The number of benzene rings is 1. The fourth-order valence-corrected chi connectivity index (χ4v) is 2.96. The van der Waals surface area contributed by atoms with Gasteiger partial charge in [0.15, 0.2) is 0 Å². The van der Waals surface area contributed by atoms with Crippen molar-refractivity contribution in [3.63, 3.8) is 0 Å². The molecule has 6 nitrogen and oxygen atoms in total. The lowest BCUT2D eigenvalue weighted by Gasteiger charge is -2.30. The first-order chi connectivity index (χ1) is 12.1. The number of carbonyl (C=O) groups excluding carboxylic acids is 2. The lowest BCUT2D eigenvalue weighted by molar-refractivity contribution is 0.0698. The Kier molecular flexibility index (Phi) is 5.19. The molecule has 0 radical (unpaired) electrons. The number of amides is 2. The van der Waals surface area contributed by atoms with Crippen LogP contribution in [0.25, 0.3) is 0 Å². The highest BCUT2D eigenvalue weighted by molar-refractivity contribution is 6.08. The Morgan fingerprint density at radius 2 is 2.00 bits per heavy atom. The maximum absolute atomic E-state index is 12.8. The van der Waals surface area contributed by atoms with Crippen LogP contribution >= 0.6 is 0 Å². The van der Waals surface area contributed by atoms with E-state index in [2.05, 4.69) is 12.2 Å². The van der Waals surface area contributed by atoms with E-state index in [1.165, 1.54) is 6.26 Å². The summed E-state index contributed by atoms with van der Waals surface area (Å²) in [5, 5.41) is 2.81. The van der Waals surface area contributed by atoms with Crippen molar-refractivity contribution in [3.8, 4) is 0 Å². The van der Waals surface area contributed by atoms with Crippen molar-refractivity contribution in [2.75, 3.05) is 18.4 Å².